The summed E-state index contributed by atoms with van der Waals surface area (Å²) >= 11 is 0. The van der Waals surface area contributed by atoms with Crippen molar-refractivity contribution in [1.82, 2.24) is 25.1 Å². The van der Waals surface area contributed by atoms with Gasteiger partial charge in [-0.25, -0.2) is 4.98 Å². The van der Waals surface area contributed by atoms with Crippen LogP contribution < -0.4 is 25.2 Å². The highest BCUT2D eigenvalue weighted by Gasteiger charge is 2.79. The van der Waals surface area contributed by atoms with E-state index in [0.717, 1.165) is 17.8 Å². The number of rotatable bonds is 11. The number of carbonyl (C=O) groups excluding carboxylic acids is 2. The predicted molar refractivity (Wildman–Crippen MR) is 192 cm³/mol. The first-order valence-corrected chi connectivity index (χ1v) is 18.8. The second kappa shape index (κ2) is 12.5. The minimum absolute atomic E-state index is 0.0507. The van der Waals surface area contributed by atoms with Gasteiger partial charge in [-0.05, 0) is 94.7 Å². The predicted octanol–water partition coefficient (Wildman–Crippen LogP) is 4.84. The number of ether oxygens (including phenoxy) is 1. The molecule has 4 heterocycles. The van der Waals surface area contributed by atoms with Crippen LogP contribution >= 0.6 is 0 Å². The largest absolute Gasteiger partial charge is 0.495 e. The number of carbonyl (C=O) groups is 2. The van der Waals surface area contributed by atoms with Gasteiger partial charge in [0.25, 0.3) is 0 Å². The minimum atomic E-state index is -0.275. The third kappa shape index (κ3) is 5.89. The summed E-state index contributed by atoms with van der Waals surface area (Å²) in [4.78, 5) is 45.2. The summed E-state index contributed by atoms with van der Waals surface area (Å²) in [6.45, 7) is 12.5. The molecule has 0 bridgehead atoms. The van der Waals surface area contributed by atoms with Crippen LogP contribution in [0.15, 0.2) is 24.4 Å². The summed E-state index contributed by atoms with van der Waals surface area (Å²) < 4.78 is 5.74. The lowest BCUT2D eigenvalue weighted by molar-refractivity contribution is -0.120. The monoisotopic (exact) mass is 670 g/mol. The SMILES string of the molecule is CC[C@@H]1C(=O)N(C)c2cnc(Nc3ccc(C(=O)CC4NC45CC54CCC(N5CCN(CC6CC6)CC5)CC4)cc3OC)nc2N1C(C)C. The normalized spacial score (nSPS) is 31.4. The zero-order valence-corrected chi connectivity index (χ0v) is 30.0. The van der Waals surface area contributed by atoms with Gasteiger partial charge in [0.05, 0.1) is 19.0 Å². The molecule has 3 atom stereocenters. The van der Waals surface area contributed by atoms with E-state index < -0.39 is 0 Å². The number of benzene rings is 1. The second-order valence-electron chi connectivity index (χ2n) is 16.0. The lowest BCUT2D eigenvalue weighted by Crippen LogP contribution is -2.54. The van der Waals surface area contributed by atoms with Crippen molar-refractivity contribution in [3.8, 4) is 5.75 Å². The Morgan fingerprint density at radius 1 is 1.12 bits per heavy atom. The first-order valence-electron chi connectivity index (χ1n) is 18.8. The van der Waals surface area contributed by atoms with E-state index in [9.17, 15) is 9.59 Å². The Labute approximate surface area is 291 Å². The van der Waals surface area contributed by atoms with Crippen LogP contribution in [-0.2, 0) is 4.79 Å². The molecule has 1 aromatic carbocycles. The fraction of sp³-hybridized carbons (Fsp3) is 0.684. The number of Topliss-reactive ketones (excluding diaryl/α,β-unsaturated/α-hetero) is 1. The van der Waals surface area contributed by atoms with E-state index in [-0.39, 0.29) is 35.4 Å². The van der Waals surface area contributed by atoms with Gasteiger partial charge in [-0.3, -0.25) is 14.5 Å². The van der Waals surface area contributed by atoms with Gasteiger partial charge < -0.3 is 30.1 Å². The number of anilines is 4. The van der Waals surface area contributed by atoms with Crippen molar-refractivity contribution >= 4 is 34.8 Å². The van der Waals surface area contributed by atoms with Gasteiger partial charge in [0.1, 0.15) is 17.5 Å². The van der Waals surface area contributed by atoms with Gasteiger partial charge in [-0.2, -0.15) is 4.98 Å². The Morgan fingerprint density at radius 3 is 2.55 bits per heavy atom. The number of hydrogen-bond acceptors (Lipinski definition) is 10. The van der Waals surface area contributed by atoms with Crippen molar-refractivity contribution in [2.45, 2.75) is 108 Å². The van der Waals surface area contributed by atoms with Gasteiger partial charge in [-0.1, -0.05) is 6.92 Å². The number of methoxy groups -OCH3 is 1. The Morgan fingerprint density at radius 2 is 1.88 bits per heavy atom. The number of nitrogens with zero attached hydrogens (tertiary/aromatic N) is 6. The van der Waals surface area contributed by atoms with E-state index in [4.69, 9.17) is 9.72 Å². The van der Waals surface area contributed by atoms with Crippen molar-refractivity contribution in [3.63, 3.8) is 0 Å². The fourth-order valence-corrected chi connectivity index (χ4v) is 9.63. The van der Waals surface area contributed by atoms with E-state index in [1.165, 1.54) is 77.7 Å². The van der Waals surface area contributed by atoms with Crippen molar-refractivity contribution in [1.29, 1.82) is 0 Å². The maximum atomic E-state index is 13.6. The molecule has 264 valence electrons. The fourth-order valence-electron chi connectivity index (χ4n) is 9.63. The lowest BCUT2D eigenvalue weighted by Gasteiger charge is -2.42. The molecule has 8 rings (SSSR count). The molecule has 11 nitrogen and oxygen atoms in total. The van der Waals surface area contributed by atoms with Crippen molar-refractivity contribution in [3.05, 3.63) is 30.0 Å². The smallest absolute Gasteiger partial charge is 0.249 e. The standard InChI is InChI=1S/C38H54N8O3/c1-6-29-35(48)43(4)30-21-39-36(41-34(30)46(29)24(2)3)40-28-10-9-26(19-32(28)49-5)31(47)20-33-38(42-33)23-37(38)13-11-27(12-14-37)45-17-15-44(16-18-45)22-25-7-8-25/h9-10,19,21,24-25,27,29,33,42H,6-8,11-18,20,22-23H2,1-5H3,(H,39,40,41)/t27?,29-,33?,37?,38?/m1/s1. The molecular formula is C38H54N8O3. The zero-order chi connectivity index (χ0) is 34.1. The molecular weight excluding hydrogens is 616 g/mol. The molecule has 1 amide bonds. The Hall–Kier alpha value is -3.28. The molecule has 2 aromatic rings. The molecule has 2 unspecified atom stereocenters. The van der Waals surface area contributed by atoms with Crippen LogP contribution in [0.5, 0.6) is 5.75 Å². The topological polar surface area (TPSA) is 116 Å². The van der Waals surface area contributed by atoms with Crippen molar-refractivity contribution in [2.75, 3.05) is 62.0 Å². The zero-order valence-electron chi connectivity index (χ0n) is 30.0. The van der Waals surface area contributed by atoms with E-state index in [0.29, 0.717) is 46.9 Å². The summed E-state index contributed by atoms with van der Waals surface area (Å²) in [6, 6.07) is 6.41. The lowest BCUT2D eigenvalue weighted by atomic mass is 9.80. The van der Waals surface area contributed by atoms with Crippen molar-refractivity contribution < 1.29 is 14.3 Å². The Bertz CT molecular complexity index is 1600. The molecule has 2 spiro atoms. The third-order valence-electron chi connectivity index (χ3n) is 12.8. The van der Waals surface area contributed by atoms with Crippen LogP contribution in [0, 0.1) is 11.3 Å². The highest BCUT2D eigenvalue weighted by Crippen LogP contribution is 2.72. The summed E-state index contributed by atoms with van der Waals surface area (Å²) in [5.41, 5.74) is 2.62. The first kappa shape index (κ1) is 32.9. The van der Waals surface area contributed by atoms with Gasteiger partial charge >= 0.3 is 0 Å². The van der Waals surface area contributed by atoms with Crippen LogP contribution in [0.1, 0.15) is 88.9 Å². The molecule has 6 aliphatic rings. The quantitative estimate of drug-likeness (QED) is 0.254. The van der Waals surface area contributed by atoms with Crippen LogP contribution in [0.2, 0.25) is 0 Å². The average molecular weight is 671 g/mol. The number of aromatic nitrogens is 2. The Balaban J connectivity index is 0.872. The van der Waals surface area contributed by atoms with Gasteiger partial charge in [0, 0.05) is 75.4 Å². The van der Waals surface area contributed by atoms with E-state index in [2.05, 4.69) is 44.2 Å². The highest BCUT2D eigenvalue weighted by atomic mass is 16.5. The number of hydrogen-bond donors (Lipinski definition) is 2. The van der Waals surface area contributed by atoms with Crippen LogP contribution in [-0.4, -0.2) is 108 Å². The molecule has 5 fully saturated rings. The average Bonchev–Trinajstić information content (AvgIpc) is 4.06. The Kier molecular flexibility index (Phi) is 8.39. The summed E-state index contributed by atoms with van der Waals surface area (Å²) in [6.07, 6.45) is 12.2. The first-order chi connectivity index (χ1) is 23.6. The van der Waals surface area contributed by atoms with Crippen LogP contribution in [0.3, 0.4) is 0 Å². The molecule has 3 aliphatic heterocycles. The van der Waals surface area contributed by atoms with Crippen molar-refractivity contribution in [2.24, 2.45) is 11.3 Å². The molecule has 49 heavy (non-hydrogen) atoms. The molecule has 2 N–H and O–H groups in total. The molecule has 1 aromatic heterocycles. The van der Waals surface area contributed by atoms with Gasteiger partial charge in [0.2, 0.25) is 11.9 Å². The number of likely N-dealkylation sites (N-methyl/N-ethyl adjacent to an activating group) is 1. The maximum Gasteiger partial charge on any atom is 0.249 e. The van der Waals surface area contributed by atoms with E-state index in [1.54, 1.807) is 25.3 Å². The summed E-state index contributed by atoms with van der Waals surface area (Å²) in [5.74, 6) is 2.89. The number of nitrogens with one attached hydrogen (secondary N) is 2. The molecule has 0 radical (unpaired) electrons. The highest BCUT2D eigenvalue weighted by molar-refractivity contribution is 6.04. The van der Waals surface area contributed by atoms with E-state index in [1.807, 2.05) is 25.1 Å². The number of amides is 1. The molecule has 11 heteroatoms. The minimum Gasteiger partial charge on any atom is -0.495 e. The molecule has 3 saturated carbocycles. The second-order valence-corrected chi connectivity index (χ2v) is 16.0. The number of ketones is 1. The maximum absolute atomic E-state index is 13.6. The summed E-state index contributed by atoms with van der Waals surface area (Å²) in [5, 5.41) is 7.10. The van der Waals surface area contributed by atoms with Gasteiger partial charge in [0.15, 0.2) is 11.6 Å². The number of fused-ring (bicyclic) bond motifs is 2. The molecule has 3 aliphatic carbocycles. The third-order valence-corrected chi connectivity index (χ3v) is 12.8. The molecule has 2 saturated heterocycles. The van der Waals surface area contributed by atoms with Crippen LogP contribution in [0.4, 0.5) is 23.1 Å². The van der Waals surface area contributed by atoms with Crippen LogP contribution in [0.25, 0.3) is 0 Å². The summed E-state index contributed by atoms with van der Waals surface area (Å²) in [7, 11) is 3.40. The van der Waals surface area contributed by atoms with Gasteiger partial charge in [-0.15, -0.1) is 0 Å². The number of piperazine rings is 1. The van der Waals surface area contributed by atoms with E-state index >= 15 is 0 Å².